The lowest BCUT2D eigenvalue weighted by atomic mass is 9.98. The van der Waals surface area contributed by atoms with Crippen LogP contribution in [0.25, 0.3) is 0 Å². The number of hydrogen-bond donors (Lipinski definition) is 1. The maximum absolute atomic E-state index is 12.3. The highest BCUT2D eigenvalue weighted by Crippen LogP contribution is 2.22. The number of aromatic nitrogens is 2. The van der Waals surface area contributed by atoms with Crippen molar-refractivity contribution < 1.29 is 14.7 Å². The summed E-state index contributed by atoms with van der Waals surface area (Å²) in [6.45, 7) is 0.670. The number of aliphatic carboxylic acids is 1. The number of carbonyl (C=O) groups excluding carboxylic acids is 1. The molecule has 1 atom stereocenters. The van der Waals surface area contributed by atoms with Crippen LogP contribution in [0, 0.1) is 5.92 Å². The summed E-state index contributed by atoms with van der Waals surface area (Å²) in [4.78, 5) is 24.7. The Morgan fingerprint density at radius 1 is 1.37 bits per heavy atom. The van der Waals surface area contributed by atoms with E-state index in [4.69, 9.17) is 28.3 Å². The Bertz CT molecular complexity index is 524. The van der Waals surface area contributed by atoms with Gasteiger partial charge in [0, 0.05) is 13.1 Å². The van der Waals surface area contributed by atoms with Gasteiger partial charge in [-0.1, -0.05) is 23.2 Å². The molecule has 0 unspecified atom stereocenters. The van der Waals surface area contributed by atoms with Gasteiger partial charge in [0.2, 0.25) is 0 Å². The molecule has 0 aliphatic carbocycles. The van der Waals surface area contributed by atoms with Gasteiger partial charge in [0.05, 0.1) is 11.5 Å². The lowest BCUT2D eigenvalue weighted by Gasteiger charge is -2.30. The molecule has 0 spiro atoms. The van der Waals surface area contributed by atoms with Crippen molar-refractivity contribution in [3.8, 4) is 0 Å². The smallest absolute Gasteiger partial charge is 0.308 e. The van der Waals surface area contributed by atoms with Gasteiger partial charge < -0.3 is 10.0 Å². The zero-order chi connectivity index (χ0) is 14.0. The second-order valence-corrected chi connectivity index (χ2v) is 5.05. The molecule has 1 aliphatic heterocycles. The number of halogens is 2. The Morgan fingerprint density at radius 3 is 2.79 bits per heavy atom. The summed E-state index contributed by atoms with van der Waals surface area (Å²) < 4.78 is 0. The van der Waals surface area contributed by atoms with Crippen LogP contribution in [-0.2, 0) is 4.79 Å². The van der Waals surface area contributed by atoms with Crippen molar-refractivity contribution in [3.05, 3.63) is 21.9 Å². The first-order chi connectivity index (χ1) is 8.99. The Balaban J connectivity index is 2.19. The third-order valence-electron chi connectivity index (χ3n) is 3.01. The predicted molar refractivity (Wildman–Crippen MR) is 68.3 cm³/mol. The van der Waals surface area contributed by atoms with Gasteiger partial charge in [-0.2, -0.15) is 0 Å². The minimum absolute atomic E-state index is 0.0353. The maximum atomic E-state index is 12.3. The summed E-state index contributed by atoms with van der Waals surface area (Å²) in [6.07, 6.45) is 1.22. The summed E-state index contributed by atoms with van der Waals surface area (Å²) in [5, 5.41) is 16.1. The normalized spacial score (nSPS) is 19.3. The molecule has 0 radical (unpaired) electrons. The molecule has 1 aromatic rings. The monoisotopic (exact) mass is 303 g/mol. The van der Waals surface area contributed by atoms with Crippen molar-refractivity contribution in [2.24, 2.45) is 5.92 Å². The molecule has 1 N–H and O–H groups in total. The Labute approximate surface area is 119 Å². The number of rotatable bonds is 2. The number of nitrogens with zero attached hydrogens (tertiary/aromatic N) is 3. The van der Waals surface area contributed by atoms with Gasteiger partial charge >= 0.3 is 5.97 Å². The summed E-state index contributed by atoms with van der Waals surface area (Å²) in [5.41, 5.74) is 0.146. The Hall–Kier alpha value is -1.40. The van der Waals surface area contributed by atoms with Gasteiger partial charge in [-0.05, 0) is 18.9 Å². The molecule has 0 bridgehead atoms. The summed E-state index contributed by atoms with van der Waals surface area (Å²) in [6, 6.07) is 1.34. The number of carboxylic acid groups (broad SMARTS) is 1. The van der Waals surface area contributed by atoms with Crippen LogP contribution in [-0.4, -0.2) is 45.2 Å². The molecule has 19 heavy (non-hydrogen) atoms. The van der Waals surface area contributed by atoms with E-state index < -0.39 is 11.9 Å². The molecule has 2 heterocycles. The lowest BCUT2D eigenvalue weighted by molar-refractivity contribution is -0.143. The van der Waals surface area contributed by atoms with Gasteiger partial charge in [0.1, 0.15) is 0 Å². The van der Waals surface area contributed by atoms with E-state index in [0.29, 0.717) is 19.4 Å². The van der Waals surface area contributed by atoms with Crippen LogP contribution in [0.3, 0.4) is 0 Å². The van der Waals surface area contributed by atoms with Crippen LogP contribution in [0.15, 0.2) is 6.07 Å². The standard InChI is InChI=1S/C11H11Cl2N3O3/c12-8-4-7(9(13)15-14-8)10(17)16-3-1-2-6(5-16)11(18)19/h4,6H,1-3,5H2,(H,18,19)/t6-/m1/s1. The van der Waals surface area contributed by atoms with Gasteiger partial charge in [0.25, 0.3) is 5.91 Å². The largest absolute Gasteiger partial charge is 0.481 e. The number of carbonyl (C=O) groups is 2. The fraction of sp³-hybridized carbons (Fsp3) is 0.455. The van der Waals surface area contributed by atoms with E-state index in [1.807, 2.05) is 0 Å². The molecule has 2 rings (SSSR count). The molecular weight excluding hydrogens is 293 g/mol. The van der Waals surface area contributed by atoms with Crippen molar-refractivity contribution >= 4 is 35.1 Å². The second kappa shape index (κ2) is 5.71. The van der Waals surface area contributed by atoms with Gasteiger partial charge in [-0.15, -0.1) is 10.2 Å². The fourth-order valence-electron chi connectivity index (χ4n) is 2.04. The van der Waals surface area contributed by atoms with E-state index >= 15 is 0 Å². The molecule has 1 saturated heterocycles. The first kappa shape index (κ1) is 14.0. The quantitative estimate of drug-likeness (QED) is 0.899. The highest BCUT2D eigenvalue weighted by Gasteiger charge is 2.29. The van der Waals surface area contributed by atoms with E-state index in [0.717, 1.165) is 0 Å². The van der Waals surface area contributed by atoms with Crippen molar-refractivity contribution in [2.45, 2.75) is 12.8 Å². The van der Waals surface area contributed by atoms with Gasteiger partial charge in [-0.25, -0.2) is 0 Å². The van der Waals surface area contributed by atoms with Crippen molar-refractivity contribution in [1.29, 1.82) is 0 Å². The number of amides is 1. The zero-order valence-electron chi connectivity index (χ0n) is 9.84. The molecule has 1 fully saturated rings. The molecule has 1 amide bonds. The van der Waals surface area contributed by atoms with Crippen LogP contribution in [0.1, 0.15) is 23.2 Å². The van der Waals surface area contributed by atoms with Gasteiger partial charge in [-0.3, -0.25) is 9.59 Å². The SMILES string of the molecule is O=C(O)[C@@H]1CCCN(C(=O)c2cc(Cl)nnc2Cl)C1. The average Bonchev–Trinajstić information content (AvgIpc) is 2.41. The number of piperidine rings is 1. The average molecular weight is 304 g/mol. The third kappa shape index (κ3) is 3.13. The molecule has 8 heteroatoms. The van der Waals surface area contributed by atoms with Crippen molar-refractivity contribution in [2.75, 3.05) is 13.1 Å². The summed E-state index contributed by atoms with van der Waals surface area (Å²) >= 11 is 11.5. The van der Waals surface area contributed by atoms with E-state index in [-0.39, 0.29) is 28.3 Å². The molecule has 1 aliphatic rings. The molecule has 0 aromatic carbocycles. The summed E-state index contributed by atoms with van der Waals surface area (Å²) in [7, 11) is 0. The lowest BCUT2D eigenvalue weighted by Crippen LogP contribution is -2.42. The zero-order valence-corrected chi connectivity index (χ0v) is 11.4. The van der Waals surface area contributed by atoms with E-state index in [1.165, 1.54) is 11.0 Å². The Morgan fingerprint density at radius 2 is 2.11 bits per heavy atom. The van der Waals surface area contributed by atoms with Crippen LogP contribution in [0.4, 0.5) is 0 Å². The van der Waals surface area contributed by atoms with Crippen LogP contribution >= 0.6 is 23.2 Å². The number of hydrogen-bond acceptors (Lipinski definition) is 4. The van der Waals surface area contributed by atoms with Crippen molar-refractivity contribution in [1.82, 2.24) is 15.1 Å². The highest BCUT2D eigenvalue weighted by molar-refractivity contribution is 6.34. The highest BCUT2D eigenvalue weighted by atomic mass is 35.5. The molecule has 6 nitrogen and oxygen atoms in total. The summed E-state index contributed by atoms with van der Waals surface area (Å²) in [5.74, 6) is -1.80. The minimum atomic E-state index is -0.894. The number of likely N-dealkylation sites (tertiary alicyclic amines) is 1. The Kier molecular flexibility index (Phi) is 4.21. The first-order valence-electron chi connectivity index (χ1n) is 5.70. The molecular formula is C11H11Cl2N3O3. The molecule has 102 valence electrons. The van der Waals surface area contributed by atoms with E-state index in [9.17, 15) is 9.59 Å². The molecule has 0 saturated carbocycles. The first-order valence-corrected chi connectivity index (χ1v) is 6.45. The number of carboxylic acids is 1. The maximum Gasteiger partial charge on any atom is 0.308 e. The van der Waals surface area contributed by atoms with Crippen molar-refractivity contribution in [3.63, 3.8) is 0 Å². The third-order valence-corrected chi connectivity index (χ3v) is 3.47. The fourth-order valence-corrected chi connectivity index (χ4v) is 2.36. The topological polar surface area (TPSA) is 83.4 Å². The van der Waals surface area contributed by atoms with Crippen LogP contribution in [0.5, 0.6) is 0 Å². The van der Waals surface area contributed by atoms with E-state index in [2.05, 4.69) is 10.2 Å². The molecule has 1 aromatic heterocycles. The van der Waals surface area contributed by atoms with E-state index in [1.54, 1.807) is 0 Å². The minimum Gasteiger partial charge on any atom is -0.481 e. The van der Waals surface area contributed by atoms with Crippen LogP contribution < -0.4 is 0 Å². The van der Waals surface area contributed by atoms with Crippen LogP contribution in [0.2, 0.25) is 10.3 Å². The second-order valence-electron chi connectivity index (χ2n) is 4.30. The van der Waals surface area contributed by atoms with Gasteiger partial charge in [0.15, 0.2) is 10.3 Å². The predicted octanol–water partition coefficient (Wildman–Crippen LogP) is 1.72.